The van der Waals surface area contributed by atoms with Gasteiger partial charge in [-0.25, -0.2) is 0 Å². The van der Waals surface area contributed by atoms with E-state index in [1.807, 2.05) is 25.1 Å². The normalized spacial score (nSPS) is 11.2. The van der Waals surface area contributed by atoms with Crippen LogP contribution in [0.25, 0.3) is 0 Å². The van der Waals surface area contributed by atoms with Crippen LogP contribution in [0, 0.1) is 6.92 Å². The summed E-state index contributed by atoms with van der Waals surface area (Å²) < 4.78 is 6.48. The molecule has 1 amide bonds. The molecule has 4 heteroatoms. The number of ether oxygens (including phenoxy) is 1. The van der Waals surface area contributed by atoms with Gasteiger partial charge in [-0.2, -0.15) is 0 Å². The molecular formula is C11H14BrNO2. The summed E-state index contributed by atoms with van der Waals surface area (Å²) in [5, 5.41) is 0. The predicted octanol–water partition coefficient (Wildman–Crippen LogP) is 2.40. The third kappa shape index (κ3) is 2.96. The minimum Gasteiger partial charge on any atom is -0.478 e. The maximum atomic E-state index is 11.1. The number of halogens is 1. The average molecular weight is 272 g/mol. The van der Waals surface area contributed by atoms with Crippen molar-refractivity contribution in [3.63, 3.8) is 0 Å². The maximum Gasteiger partial charge on any atom is 0.261 e. The Morgan fingerprint density at radius 1 is 1.47 bits per heavy atom. The van der Waals surface area contributed by atoms with Crippen molar-refractivity contribution in [3.05, 3.63) is 28.2 Å². The van der Waals surface area contributed by atoms with Crippen LogP contribution in [0.5, 0.6) is 5.75 Å². The number of amides is 1. The fourth-order valence-electron chi connectivity index (χ4n) is 1.01. The van der Waals surface area contributed by atoms with Crippen molar-refractivity contribution >= 4 is 21.8 Å². The van der Waals surface area contributed by atoms with E-state index in [2.05, 4.69) is 15.9 Å². The molecule has 0 saturated heterocycles. The van der Waals surface area contributed by atoms with E-state index >= 15 is 0 Å². The van der Waals surface area contributed by atoms with Gasteiger partial charge in [-0.3, -0.25) is 4.79 Å². The van der Waals surface area contributed by atoms with Gasteiger partial charge in [-0.05, 0) is 38.5 Å². The first-order chi connectivity index (χ1) is 6.83. The molecule has 0 aliphatic heterocycles. The molecule has 82 valence electrons. The Hall–Kier alpha value is -1.03. The van der Waals surface area contributed by atoms with Crippen LogP contribution in [-0.4, -0.2) is 11.5 Å². The van der Waals surface area contributed by atoms with E-state index in [-0.39, 0.29) is 0 Å². The van der Waals surface area contributed by atoms with Gasteiger partial charge < -0.3 is 10.5 Å². The van der Waals surface area contributed by atoms with Gasteiger partial charge >= 0.3 is 0 Å². The summed E-state index contributed by atoms with van der Waals surface area (Å²) in [4.78, 5) is 11.1. The number of rotatable bonds is 3. The largest absolute Gasteiger partial charge is 0.478 e. The van der Waals surface area contributed by atoms with Crippen LogP contribution in [0.4, 0.5) is 0 Å². The van der Waals surface area contributed by atoms with Crippen molar-refractivity contribution < 1.29 is 9.53 Å². The van der Waals surface area contributed by atoms with Crippen LogP contribution in [0.15, 0.2) is 22.7 Å². The molecule has 3 nitrogen and oxygen atoms in total. The second-order valence-corrected chi connectivity index (χ2v) is 4.80. The first-order valence-corrected chi connectivity index (χ1v) is 5.37. The molecule has 2 N–H and O–H groups in total. The highest BCUT2D eigenvalue weighted by Crippen LogP contribution is 2.26. The lowest BCUT2D eigenvalue weighted by molar-refractivity contribution is -0.130. The van der Waals surface area contributed by atoms with E-state index in [4.69, 9.17) is 10.5 Å². The van der Waals surface area contributed by atoms with Crippen molar-refractivity contribution in [3.8, 4) is 5.75 Å². The molecule has 0 fully saturated rings. The van der Waals surface area contributed by atoms with E-state index in [0.717, 1.165) is 10.0 Å². The molecule has 0 bridgehead atoms. The number of primary amides is 1. The second-order valence-electron chi connectivity index (χ2n) is 3.89. The lowest BCUT2D eigenvalue weighted by atomic mass is 10.1. The monoisotopic (exact) mass is 271 g/mol. The number of carbonyl (C=O) groups is 1. The molecule has 0 atom stereocenters. The molecule has 1 aromatic carbocycles. The van der Waals surface area contributed by atoms with Gasteiger partial charge in [0.05, 0.1) is 0 Å². The van der Waals surface area contributed by atoms with Crippen molar-refractivity contribution in [2.45, 2.75) is 26.4 Å². The zero-order valence-corrected chi connectivity index (χ0v) is 10.6. The lowest BCUT2D eigenvalue weighted by Gasteiger charge is -2.23. The Morgan fingerprint density at radius 2 is 2.07 bits per heavy atom. The van der Waals surface area contributed by atoms with Crippen molar-refractivity contribution in [1.29, 1.82) is 0 Å². The average Bonchev–Trinajstić information content (AvgIpc) is 2.10. The van der Waals surface area contributed by atoms with E-state index in [1.54, 1.807) is 13.8 Å². The standard InChI is InChI=1S/C11H14BrNO2/c1-7-4-5-8(12)6-9(7)15-11(2,3)10(13)14/h4-6H,1-3H3,(H2,13,14). The summed E-state index contributed by atoms with van der Waals surface area (Å²) in [6.07, 6.45) is 0. The quantitative estimate of drug-likeness (QED) is 0.918. The topological polar surface area (TPSA) is 52.3 Å². The van der Waals surface area contributed by atoms with Gasteiger partial charge in [0, 0.05) is 4.47 Å². The summed E-state index contributed by atoms with van der Waals surface area (Å²) >= 11 is 3.34. The molecular weight excluding hydrogens is 258 g/mol. The van der Waals surface area contributed by atoms with Crippen molar-refractivity contribution in [2.24, 2.45) is 5.73 Å². The molecule has 0 saturated carbocycles. The van der Waals surface area contributed by atoms with Crippen LogP contribution in [0.2, 0.25) is 0 Å². The highest BCUT2D eigenvalue weighted by atomic mass is 79.9. The first kappa shape index (κ1) is 12.0. The Bertz CT molecular complexity index is 388. The molecule has 15 heavy (non-hydrogen) atoms. The fraction of sp³-hybridized carbons (Fsp3) is 0.364. The van der Waals surface area contributed by atoms with Crippen molar-refractivity contribution in [2.75, 3.05) is 0 Å². The van der Waals surface area contributed by atoms with Gasteiger partial charge in [0.2, 0.25) is 0 Å². The fourth-order valence-corrected chi connectivity index (χ4v) is 1.35. The number of nitrogens with two attached hydrogens (primary N) is 1. The van der Waals surface area contributed by atoms with Gasteiger partial charge in [-0.1, -0.05) is 22.0 Å². The number of benzene rings is 1. The van der Waals surface area contributed by atoms with Crippen LogP contribution in [0.1, 0.15) is 19.4 Å². The van der Waals surface area contributed by atoms with E-state index < -0.39 is 11.5 Å². The third-order valence-electron chi connectivity index (χ3n) is 2.11. The minimum absolute atomic E-state index is 0.484. The number of hydrogen-bond acceptors (Lipinski definition) is 2. The van der Waals surface area contributed by atoms with Crippen LogP contribution < -0.4 is 10.5 Å². The van der Waals surface area contributed by atoms with Gasteiger partial charge in [0.15, 0.2) is 5.60 Å². The van der Waals surface area contributed by atoms with Crippen molar-refractivity contribution in [1.82, 2.24) is 0 Å². The third-order valence-corrected chi connectivity index (χ3v) is 2.60. The molecule has 0 aromatic heterocycles. The molecule has 0 spiro atoms. The SMILES string of the molecule is Cc1ccc(Br)cc1OC(C)(C)C(N)=O. The predicted molar refractivity (Wildman–Crippen MR) is 62.8 cm³/mol. The van der Waals surface area contributed by atoms with E-state index in [1.165, 1.54) is 0 Å². The summed E-state index contributed by atoms with van der Waals surface area (Å²) in [6, 6.07) is 5.65. The van der Waals surface area contributed by atoms with Gasteiger partial charge in [0.25, 0.3) is 5.91 Å². The lowest BCUT2D eigenvalue weighted by Crippen LogP contribution is -2.43. The van der Waals surface area contributed by atoms with Gasteiger partial charge in [-0.15, -0.1) is 0 Å². The number of aryl methyl sites for hydroxylation is 1. The van der Waals surface area contributed by atoms with Gasteiger partial charge in [0.1, 0.15) is 5.75 Å². The smallest absolute Gasteiger partial charge is 0.261 e. The maximum absolute atomic E-state index is 11.1. The Labute approximate surface area is 97.7 Å². The Kier molecular flexibility index (Phi) is 3.39. The zero-order valence-electron chi connectivity index (χ0n) is 9.00. The molecule has 0 aliphatic rings. The second kappa shape index (κ2) is 4.23. The molecule has 1 aromatic rings. The van der Waals surface area contributed by atoms with Crippen LogP contribution in [0.3, 0.4) is 0 Å². The Morgan fingerprint density at radius 3 is 2.60 bits per heavy atom. The number of carbonyl (C=O) groups excluding carboxylic acids is 1. The molecule has 0 radical (unpaired) electrons. The Balaban J connectivity index is 2.99. The van der Waals surface area contributed by atoms with Crippen LogP contribution >= 0.6 is 15.9 Å². The summed E-state index contributed by atoms with van der Waals surface area (Å²) in [6.45, 7) is 5.21. The van der Waals surface area contributed by atoms with E-state index in [9.17, 15) is 4.79 Å². The zero-order chi connectivity index (χ0) is 11.6. The molecule has 1 rings (SSSR count). The summed E-state index contributed by atoms with van der Waals surface area (Å²) in [5.74, 6) is 0.176. The summed E-state index contributed by atoms with van der Waals surface area (Å²) in [7, 11) is 0. The number of hydrogen-bond donors (Lipinski definition) is 1. The summed E-state index contributed by atoms with van der Waals surface area (Å²) in [5.41, 5.74) is 5.20. The van der Waals surface area contributed by atoms with Crippen LogP contribution in [-0.2, 0) is 4.79 Å². The minimum atomic E-state index is -0.994. The molecule has 0 heterocycles. The highest BCUT2D eigenvalue weighted by Gasteiger charge is 2.27. The highest BCUT2D eigenvalue weighted by molar-refractivity contribution is 9.10. The molecule has 0 unspecified atom stereocenters. The van der Waals surface area contributed by atoms with E-state index in [0.29, 0.717) is 5.75 Å². The molecule has 0 aliphatic carbocycles. The first-order valence-electron chi connectivity index (χ1n) is 4.58.